The van der Waals surface area contributed by atoms with Crippen LogP contribution in [-0.2, 0) is 13.5 Å². The first-order chi connectivity index (χ1) is 11.5. The van der Waals surface area contributed by atoms with Crippen LogP contribution in [0.15, 0.2) is 35.2 Å². The Morgan fingerprint density at radius 2 is 1.92 bits per heavy atom. The van der Waals surface area contributed by atoms with Crippen LogP contribution in [0.2, 0.25) is 0 Å². The predicted octanol–water partition coefficient (Wildman–Crippen LogP) is 3.89. The summed E-state index contributed by atoms with van der Waals surface area (Å²) in [5, 5.41) is 5.38. The Labute approximate surface area is 150 Å². The van der Waals surface area contributed by atoms with Crippen LogP contribution in [0.4, 0.5) is 5.82 Å². The van der Waals surface area contributed by atoms with E-state index < -0.39 is 0 Å². The molecular weight excluding hydrogens is 366 g/mol. The van der Waals surface area contributed by atoms with Gasteiger partial charge in [0.25, 0.3) is 0 Å². The molecule has 0 spiro atoms. The van der Waals surface area contributed by atoms with E-state index in [0.717, 1.165) is 34.3 Å². The Bertz CT molecular complexity index is 840. The Hall–Kier alpha value is -1.95. The van der Waals surface area contributed by atoms with Gasteiger partial charge >= 0.3 is 0 Å². The molecule has 1 atom stereocenters. The van der Waals surface area contributed by atoms with Gasteiger partial charge in [0.1, 0.15) is 16.7 Å². The Balaban J connectivity index is 1.94. The van der Waals surface area contributed by atoms with Gasteiger partial charge in [0, 0.05) is 20.1 Å². The molecule has 0 aliphatic carbocycles. The van der Waals surface area contributed by atoms with Crippen LogP contribution in [0.1, 0.15) is 24.5 Å². The largest absolute Gasteiger partial charge is 0.356 e. The number of aryl methyl sites for hydroxylation is 2. The summed E-state index contributed by atoms with van der Waals surface area (Å²) in [5.74, 6) is 0.916. The van der Waals surface area contributed by atoms with Gasteiger partial charge in [0.05, 0.1) is 5.39 Å². The molecule has 1 aromatic carbocycles. The van der Waals surface area contributed by atoms with E-state index in [1.165, 1.54) is 11.1 Å². The molecule has 0 saturated carbocycles. The van der Waals surface area contributed by atoms with Gasteiger partial charge in [-0.2, -0.15) is 5.10 Å². The summed E-state index contributed by atoms with van der Waals surface area (Å²) in [6, 6.07) is 9.12. The highest BCUT2D eigenvalue weighted by atomic mass is 79.9. The first-order valence-corrected chi connectivity index (χ1v) is 8.92. The van der Waals surface area contributed by atoms with Crippen LogP contribution < -0.4 is 4.90 Å². The topological polar surface area (TPSA) is 46.8 Å². The number of hydrogen-bond acceptors (Lipinski definition) is 4. The summed E-state index contributed by atoms with van der Waals surface area (Å²) >= 11 is 3.54. The molecule has 6 heteroatoms. The van der Waals surface area contributed by atoms with E-state index in [4.69, 9.17) is 0 Å². The minimum Gasteiger partial charge on any atom is -0.356 e. The molecule has 3 rings (SSSR count). The van der Waals surface area contributed by atoms with Crippen LogP contribution in [0.25, 0.3) is 11.0 Å². The molecule has 0 fully saturated rings. The van der Waals surface area contributed by atoms with Crippen LogP contribution in [0.3, 0.4) is 0 Å². The van der Waals surface area contributed by atoms with E-state index in [9.17, 15) is 0 Å². The van der Waals surface area contributed by atoms with Gasteiger partial charge in [-0.1, -0.05) is 36.8 Å². The molecule has 0 N–H and O–H groups in total. The second kappa shape index (κ2) is 6.89. The monoisotopic (exact) mass is 387 g/mol. The minimum atomic E-state index is 0.359. The average Bonchev–Trinajstić information content (AvgIpc) is 2.88. The molecular formula is C18H22BrN5. The lowest BCUT2D eigenvalue weighted by Gasteiger charge is -2.29. The Kier molecular flexibility index (Phi) is 4.85. The van der Waals surface area contributed by atoms with E-state index >= 15 is 0 Å². The quantitative estimate of drug-likeness (QED) is 0.665. The lowest BCUT2D eigenvalue weighted by molar-refractivity contribution is 0.602. The fraction of sp³-hybridized carbons (Fsp3) is 0.389. The molecule has 2 heterocycles. The first-order valence-electron chi connectivity index (χ1n) is 8.12. The first kappa shape index (κ1) is 16.9. The normalized spacial score (nSPS) is 12.5. The molecule has 24 heavy (non-hydrogen) atoms. The maximum absolute atomic E-state index is 4.54. The van der Waals surface area contributed by atoms with Crippen molar-refractivity contribution < 1.29 is 0 Å². The zero-order valence-electron chi connectivity index (χ0n) is 14.5. The number of hydrogen-bond donors (Lipinski definition) is 0. The minimum absolute atomic E-state index is 0.359. The lowest BCUT2D eigenvalue weighted by Crippen LogP contribution is -2.33. The molecule has 0 bridgehead atoms. The van der Waals surface area contributed by atoms with Crippen molar-refractivity contribution in [2.24, 2.45) is 7.05 Å². The molecule has 2 aromatic heterocycles. The molecule has 0 aliphatic rings. The highest BCUT2D eigenvalue weighted by molar-refractivity contribution is 9.10. The Morgan fingerprint density at radius 1 is 1.21 bits per heavy atom. The van der Waals surface area contributed by atoms with Crippen molar-refractivity contribution in [1.82, 2.24) is 19.7 Å². The second-order valence-electron chi connectivity index (χ2n) is 6.17. The van der Waals surface area contributed by atoms with Crippen LogP contribution in [0.5, 0.6) is 0 Å². The van der Waals surface area contributed by atoms with E-state index in [2.05, 4.69) is 81.1 Å². The van der Waals surface area contributed by atoms with Crippen molar-refractivity contribution in [2.75, 3.05) is 11.9 Å². The zero-order valence-corrected chi connectivity index (χ0v) is 16.1. The number of benzene rings is 1. The van der Waals surface area contributed by atoms with E-state index in [1.54, 1.807) is 11.0 Å². The second-order valence-corrected chi connectivity index (χ2v) is 6.92. The standard InChI is InChI=1S/C18H22BrN5/c1-5-14(10-13-8-6-12(2)7-9-13)23(3)17-15-16(19)22-24(4)18(15)21-11-20-17/h6-9,11,14H,5,10H2,1-4H3/t14-/m1/s1. The lowest BCUT2D eigenvalue weighted by atomic mass is 10.0. The summed E-state index contributed by atoms with van der Waals surface area (Å²) in [5.41, 5.74) is 3.47. The predicted molar refractivity (Wildman–Crippen MR) is 101 cm³/mol. The van der Waals surface area contributed by atoms with Crippen molar-refractivity contribution in [1.29, 1.82) is 0 Å². The van der Waals surface area contributed by atoms with Gasteiger partial charge in [-0.3, -0.25) is 0 Å². The molecule has 0 unspecified atom stereocenters. The van der Waals surface area contributed by atoms with Crippen molar-refractivity contribution in [3.8, 4) is 0 Å². The van der Waals surface area contributed by atoms with Crippen molar-refractivity contribution >= 4 is 32.8 Å². The number of aromatic nitrogens is 4. The molecule has 0 aliphatic heterocycles. The van der Waals surface area contributed by atoms with Gasteiger partial charge < -0.3 is 4.90 Å². The SMILES string of the molecule is CC[C@H](Cc1ccc(C)cc1)N(C)c1ncnc2c1c(Br)nn2C. The third-order valence-electron chi connectivity index (χ3n) is 4.50. The smallest absolute Gasteiger partial charge is 0.164 e. The van der Waals surface area contributed by atoms with Crippen LogP contribution in [-0.4, -0.2) is 32.8 Å². The highest BCUT2D eigenvalue weighted by Gasteiger charge is 2.21. The van der Waals surface area contributed by atoms with Crippen molar-refractivity contribution in [3.05, 3.63) is 46.3 Å². The van der Waals surface area contributed by atoms with Gasteiger partial charge in [0.15, 0.2) is 5.65 Å². The fourth-order valence-electron chi connectivity index (χ4n) is 3.02. The summed E-state index contributed by atoms with van der Waals surface area (Å²) in [6.07, 6.45) is 3.63. The van der Waals surface area contributed by atoms with Gasteiger partial charge in [0.2, 0.25) is 0 Å². The maximum Gasteiger partial charge on any atom is 0.164 e. The van der Waals surface area contributed by atoms with Crippen molar-refractivity contribution in [2.45, 2.75) is 32.7 Å². The molecule has 0 amide bonds. The summed E-state index contributed by atoms with van der Waals surface area (Å²) in [4.78, 5) is 11.1. The van der Waals surface area contributed by atoms with E-state index in [-0.39, 0.29) is 0 Å². The third-order valence-corrected chi connectivity index (χ3v) is 5.06. The highest BCUT2D eigenvalue weighted by Crippen LogP contribution is 2.30. The number of halogens is 1. The van der Waals surface area contributed by atoms with Crippen LogP contribution in [0, 0.1) is 6.92 Å². The van der Waals surface area contributed by atoms with Gasteiger partial charge in [-0.25, -0.2) is 14.6 Å². The number of anilines is 1. The molecule has 126 valence electrons. The fourth-order valence-corrected chi connectivity index (χ4v) is 3.61. The molecule has 0 saturated heterocycles. The number of nitrogens with zero attached hydrogens (tertiary/aromatic N) is 5. The van der Waals surface area contributed by atoms with E-state index in [1.807, 2.05) is 7.05 Å². The number of rotatable bonds is 5. The number of fused-ring (bicyclic) bond motifs is 1. The summed E-state index contributed by atoms with van der Waals surface area (Å²) in [6.45, 7) is 4.33. The summed E-state index contributed by atoms with van der Waals surface area (Å²) in [7, 11) is 4.00. The van der Waals surface area contributed by atoms with Crippen LogP contribution >= 0.6 is 15.9 Å². The summed E-state index contributed by atoms with van der Waals surface area (Å²) < 4.78 is 2.56. The maximum atomic E-state index is 4.54. The van der Waals surface area contributed by atoms with Gasteiger partial charge in [-0.15, -0.1) is 0 Å². The molecule has 0 radical (unpaired) electrons. The molecule has 5 nitrogen and oxygen atoms in total. The zero-order chi connectivity index (χ0) is 17.3. The average molecular weight is 388 g/mol. The van der Waals surface area contributed by atoms with Gasteiger partial charge in [-0.05, 0) is 41.3 Å². The molecule has 3 aromatic rings. The number of likely N-dealkylation sites (N-methyl/N-ethyl adjacent to an activating group) is 1. The van der Waals surface area contributed by atoms with Crippen molar-refractivity contribution in [3.63, 3.8) is 0 Å². The third kappa shape index (κ3) is 3.15. The van der Waals surface area contributed by atoms with E-state index in [0.29, 0.717) is 6.04 Å². The Morgan fingerprint density at radius 3 is 2.58 bits per heavy atom.